The zero-order chi connectivity index (χ0) is 18.4. The predicted octanol–water partition coefficient (Wildman–Crippen LogP) is 3.23. The van der Waals surface area contributed by atoms with Crippen molar-refractivity contribution in [1.29, 1.82) is 0 Å². The smallest absolute Gasteiger partial charge is 0.407 e. The summed E-state index contributed by atoms with van der Waals surface area (Å²) in [5, 5.41) is 9.21. The first-order valence-electron chi connectivity index (χ1n) is 8.57. The monoisotopic (exact) mass is 368 g/mol. The van der Waals surface area contributed by atoms with E-state index < -0.39 is 22.2 Å². The summed E-state index contributed by atoms with van der Waals surface area (Å²) < 4.78 is 30.0. The molecule has 138 valence electrons. The first kappa shape index (κ1) is 18.5. The normalized spacial score (nSPS) is 23.6. The molecule has 1 heterocycles. The Morgan fingerprint density at radius 2 is 2.04 bits per heavy atom. The minimum atomic E-state index is -1.33. The lowest BCUT2D eigenvalue weighted by molar-refractivity contribution is 0.0759. The van der Waals surface area contributed by atoms with E-state index in [1.165, 1.54) is 11.0 Å². The van der Waals surface area contributed by atoms with Gasteiger partial charge in [-0.2, -0.15) is 0 Å². The Bertz CT molecular complexity index is 669. The number of carbonyl (C=O) groups is 1. The van der Waals surface area contributed by atoms with Gasteiger partial charge in [0.2, 0.25) is 0 Å². The van der Waals surface area contributed by atoms with Crippen molar-refractivity contribution in [2.75, 3.05) is 13.1 Å². The molecule has 1 aliphatic heterocycles. The van der Waals surface area contributed by atoms with Crippen LogP contribution in [0.3, 0.4) is 0 Å². The number of benzene rings is 1. The van der Waals surface area contributed by atoms with Crippen molar-refractivity contribution in [2.24, 2.45) is 5.41 Å². The van der Waals surface area contributed by atoms with Crippen LogP contribution in [0.2, 0.25) is 0 Å². The van der Waals surface area contributed by atoms with E-state index in [2.05, 4.69) is 4.72 Å². The van der Waals surface area contributed by atoms with Crippen LogP contribution in [0.1, 0.15) is 50.8 Å². The van der Waals surface area contributed by atoms with Gasteiger partial charge in [0, 0.05) is 35.4 Å². The second kappa shape index (κ2) is 6.45. The van der Waals surface area contributed by atoms with Crippen molar-refractivity contribution in [2.45, 2.75) is 50.8 Å². The summed E-state index contributed by atoms with van der Waals surface area (Å²) in [5.41, 5.74) is 1.24. The fourth-order valence-corrected chi connectivity index (χ4v) is 4.86. The number of nitrogens with zero attached hydrogens (tertiary/aromatic N) is 1. The number of hydrogen-bond donors (Lipinski definition) is 2. The molecule has 1 aliphatic carbocycles. The van der Waals surface area contributed by atoms with E-state index in [4.69, 9.17) is 0 Å². The molecule has 3 rings (SSSR count). The van der Waals surface area contributed by atoms with E-state index in [1.54, 1.807) is 6.07 Å². The van der Waals surface area contributed by atoms with Gasteiger partial charge in [-0.3, -0.25) is 0 Å². The van der Waals surface area contributed by atoms with E-state index >= 15 is 0 Å². The first-order valence-corrected chi connectivity index (χ1v) is 9.72. The van der Waals surface area contributed by atoms with Crippen LogP contribution >= 0.6 is 0 Å². The second-order valence-corrected chi connectivity index (χ2v) is 10.1. The summed E-state index contributed by atoms with van der Waals surface area (Å²) in [6.07, 6.45) is 1.03. The fourth-order valence-electron chi connectivity index (χ4n) is 3.92. The van der Waals surface area contributed by atoms with Crippen LogP contribution in [0.15, 0.2) is 18.2 Å². The highest BCUT2D eigenvalue weighted by molar-refractivity contribution is 7.90. The van der Waals surface area contributed by atoms with E-state index in [1.807, 2.05) is 26.8 Å². The van der Waals surface area contributed by atoms with Crippen LogP contribution in [-0.2, 0) is 17.8 Å². The molecule has 2 N–H and O–H groups in total. The standard InChI is InChI=1S/C18H25FN2O3S/c1-17(2,3)25(24)20-15-14-12(5-4-6-13(14)19)11-18(15)7-9-21(10-8-18)16(22)23/h4-6,15,20H,7-11H2,1-3H3,(H,22,23)/t15-,25-/m0/s1. The minimum Gasteiger partial charge on any atom is -0.598 e. The average molecular weight is 368 g/mol. The number of piperidine rings is 1. The Morgan fingerprint density at radius 3 is 2.60 bits per heavy atom. The average Bonchev–Trinajstić information content (AvgIpc) is 2.81. The van der Waals surface area contributed by atoms with Crippen molar-refractivity contribution in [3.05, 3.63) is 35.1 Å². The van der Waals surface area contributed by atoms with Crippen molar-refractivity contribution < 1.29 is 18.8 Å². The van der Waals surface area contributed by atoms with Gasteiger partial charge in [0.05, 0.1) is 6.04 Å². The van der Waals surface area contributed by atoms with E-state index in [0.29, 0.717) is 37.9 Å². The summed E-state index contributed by atoms with van der Waals surface area (Å²) in [7, 11) is 0. The number of likely N-dealkylation sites (tertiary alicyclic amines) is 1. The molecule has 7 heteroatoms. The highest BCUT2D eigenvalue weighted by Gasteiger charge is 2.51. The summed E-state index contributed by atoms with van der Waals surface area (Å²) in [6.45, 7) is 6.49. The largest absolute Gasteiger partial charge is 0.598 e. The third-order valence-electron chi connectivity index (χ3n) is 5.40. The molecule has 1 fully saturated rings. The van der Waals surface area contributed by atoms with Gasteiger partial charge in [-0.1, -0.05) is 12.1 Å². The third kappa shape index (κ3) is 3.37. The lowest BCUT2D eigenvalue weighted by Gasteiger charge is -2.43. The molecule has 1 aromatic rings. The molecule has 0 bridgehead atoms. The molecule has 5 nitrogen and oxygen atoms in total. The summed E-state index contributed by atoms with van der Waals surface area (Å²) in [4.78, 5) is 12.6. The van der Waals surface area contributed by atoms with Gasteiger partial charge in [0.1, 0.15) is 10.6 Å². The molecule has 2 aliphatic rings. The number of rotatable bonds is 2. The molecule has 1 saturated heterocycles. The third-order valence-corrected chi connectivity index (χ3v) is 6.96. The summed E-state index contributed by atoms with van der Waals surface area (Å²) in [6, 6.07) is 4.71. The molecule has 0 aromatic heterocycles. The van der Waals surface area contributed by atoms with Gasteiger partial charge in [-0.15, -0.1) is 4.72 Å². The molecule has 1 spiro atoms. The Hall–Kier alpha value is -1.31. The van der Waals surface area contributed by atoms with Gasteiger partial charge in [-0.05, 0) is 51.7 Å². The van der Waals surface area contributed by atoms with Gasteiger partial charge in [0.15, 0.2) is 0 Å². The van der Waals surface area contributed by atoms with Crippen molar-refractivity contribution >= 4 is 17.5 Å². The van der Waals surface area contributed by atoms with Gasteiger partial charge in [-0.25, -0.2) is 9.18 Å². The quantitative estimate of drug-likeness (QED) is 0.786. The van der Waals surface area contributed by atoms with Gasteiger partial charge < -0.3 is 14.6 Å². The highest BCUT2D eigenvalue weighted by Crippen LogP contribution is 2.53. The second-order valence-electron chi connectivity index (χ2n) is 8.05. The van der Waals surface area contributed by atoms with Gasteiger partial charge in [0.25, 0.3) is 0 Å². The molecule has 1 aromatic carbocycles. The maximum absolute atomic E-state index is 14.6. The van der Waals surface area contributed by atoms with Crippen LogP contribution < -0.4 is 4.72 Å². The van der Waals surface area contributed by atoms with E-state index in [0.717, 1.165) is 5.56 Å². The van der Waals surface area contributed by atoms with Crippen molar-refractivity contribution in [3.63, 3.8) is 0 Å². The molecule has 0 saturated carbocycles. The Kier molecular flexibility index (Phi) is 4.77. The molecule has 25 heavy (non-hydrogen) atoms. The topological polar surface area (TPSA) is 75.6 Å². The number of halogens is 1. The lowest BCUT2D eigenvalue weighted by atomic mass is 9.73. The molecule has 2 atom stereocenters. The summed E-state index contributed by atoms with van der Waals surface area (Å²) >= 11 is -1.33. The molecular formula is C18H25FN2O3S. The lowest BCUT2D eigenvalue weighted by Crippen LogP contribution is -2.50. The number of amides is 1. The van der Waals surface area contributed by atoms with E-state index in [-0.39, 0.29) is 17.3 Å². The van der Waals surface area contributed by atoms with Crippen LogP contribution in [0.4, 0.5) is 9.18 Å². The maximum atomic E-state index is 14.6. The maximum Gasteiger partial charge on any atom is 0.407 e. The number of carboxylic acid groups (broad SMARTS) is 1. The minimum absolute atomic E-state index is 0.279. The summed E-state index contributed by atoms with van der Waals surface area (Å²) in [5.74, 6) is -0.279. The van der Waals surface area contributed by atoms with Crippen LogP contribution in [0.5, 0.6) is 0 Å². The first-order chi connectivity index (χ1) is 11.6. The molecule has 0 radical (unpaired) electrons. The number of nitrogens with one attached hydrogen (secondary N) is 1. The predicted molar refractivity (Wildman–Crippen MR) is 95.1 cm³/mol. The number of hydrogen-bond acceptors (Lipinski definition) is 3. The Balaban J connectivity index is 1.93. The fraction of sp³-hybridized carbons (Fsp3) is 0.611. The molecule has 0 unspecified atom stereocenters. The van der Waals surface area contributed by atoms with Crippen LogP contribution in [0, 0.1) is 11.2 Å². The van der Waals surface area contributed by atoms with Crippen LogP contribution in [0.25, 0.3) is 0 Å². The highest BCUT2D eigenvalue weighted by atomic mass is 32.2. The molecular weight excluding hydrogens is 343 g/mol. The molecule has 1 amide bonds. The van der Waals surface area contributed by atoms with Crippen molar-refractivity contribution in [3.8, 4) is 0 Å². The SMILES string of the molecule is CC(C)(C)[S@+]([O-])N[C@H]1c2c(F)cccc2CC12CCN(C(=O)O)CC2. The Labute approximate surface area is 150 Å². The number of fused-ring (bicyclic) bond motifs is 1. The Morgan fingerprint density at radius 1 is 1.40 bits per heavy atom. The van der Waals surface area contributed by atoms with Gasteiger partial charge >= 0.3 is 6.09 Å². The zero-order valence-electron chi connectivity index (χ0n) is 14.8. The van der Waals surface area contributed by atoms with E-state index in [9.17, 15) is 18.8 Å². The zero-order valence-corrected chi connectivity index (χ0v) is 15.7. The van der Waals surface area contributed by atoms with Crippen molar-refractivity contribution in [1.82, 2.24) is 9.62 Å². The van der Waals surface area contributed by atoms with Crippen LogP contribution in [-0.4, -0.2) is 38.5 Å².